The Morgan fingerprint density at radius 1 is 1.08 bits per heavy atom. The van der Waals surface area contributed by atoms with Crippen LogP contribution in [0.5, 0.6) is 0 Å². The number of thioether (sulfide) groups is 1. The van der Waals surface area contributed by atoms with Gasteiger partial charge in [-0.1, -0.05) is 47.7 Å². The molecule has 0 radical (unpaired) electrons. The van der Waals surface area contributed by atoms with Crippen LogP contribution in [0.4, 0.5) is 5.69 Å². The summed E-state index contributed by atoms with van der Waals surface area (Å²) in [5.74, 6) is -0.501. The Bertz CT molecular complexity index is 1690. The third-order valence-corrected chi connectivity index (χ3v) is 7.74. The highest BCUT2D eigenvalue weighted by atomic mass is 32.2. The number of benzene rings is 2. The first-order chi connectivity index (χ1) is 18.4. The van der Waals surface area contributed by atoms with Gasteiger partial charge in [-0.25, -0.2) is 14.5 Å². The van der Waals surface area contributed by atoms with Crippen LogP contribution in [0.3, 0.4) is 0 Å². The van der Waals surface area contributed by atoms with E-state index in [0.29, 0.717) is 16.2 Å². The molecule has 0 saturated heterocycles. The van der Waals surface area contributed by atoms with Gasteiger partial charge in [-0.15, -0.1) is 0 Å². The molecule has 6 rings (SSSR count). The van der Waals surface area contributed by atoms with Gasteiger partial charge in [0.25, 0.3) is 5.69 Å². The Labute approximate surface area is 222 Å². The second-order valence-corrected chi connectivity index (χ2v) is 10.3. The number of fused-ring (bicyclic) bond motifs is 2. The molecule has 2 aromatic carbocycles. The van der Waals surface area contributed by atoms with Gasteiger partial charge in [-0.2, -0.15) is 5.10 Å². The van der Waals surface area contributed by atoms with E-state index in [1.807, 2.05) is 62.4 Å². The van der Waals surface area contributed by atoms with Crippen molar-refractivity contribution in [1.29, 1.82) is 0 Å². The number of esters is 1. The largest absolute Gasteiger partial charge is 0.453 e. The van der Waals surface area contributed by atoms with Crippen LogP contribution in [0, 0.1) is 23.0 Å². The van der Waals surface area contributed by atoms with Gasteiger partial charge in [-0.05, 0) is 61.4 Å². The summed E-state index contributed by atoms with van der Waals surface area (Å²) in [4.78, 5) is 30.2. The maximum atomic E-state index is 13.3. The normalized spacial score (nSPS) is 18.8. The molecule has 0 fully saturated rings. The molecule has 3 heterocycles. The number of carbonyl (C=O) groups is 1. The average molecular weight is 523 g/mol. The molecular formula is C29H22N4O4S. The number of aryl methyl sites for hydroxylation is 1. The predicted octanol–water partition coefficient (Wildman–Crippen LogP) is 6.20. The minimum Gasteiger partial charge on any atom is -0.453 e. The SMILES string of the molecule is CC1=CC2C(c3cnc4c(c3)c(C)nn4-c3ccc([N+](=O)[O-])cc3)=C(Sc3ccccc3)C(=O)OC2C=C1. The van der Waals surface area contributed by atoms with Crippen LogP contribution in [-0.4, -0.2) is 31.8 Å². The highest BCUT2D eigenvalue weighted by molar-refractivity contribution is 8.04. The van der Waals surface area contributed by atoms with E-state index >= 15 is 0 Å². The van der Waals surface area contributed by atoms with Crippen LogP contribution >= 0.6 is 11.8 Å². The van der Waals surface area contributed by atoms with Crippen molar-refractivity contribution in [2.75, 3.05) is 0 Å². The Morgan fingerprint density at radius 2 is 1.84 bits per heavy atom. The third-order valence-electron chi connectivity index (χ3n) is 6.64. The Hall–Kier alpha value is -4.50. The van der Waals surface area contributed by atoms with E-state index in [1.54, 1.807) is 23.0 Å². The van der Waals surface area contributed by atoms with Crippen molar-refractivity contribution in [2.24, 2.45) is 5.92 Å². The van der Waals surface area contributed by atoms with Gasteiger partial charge in [0.15, 0.2) is 5.65 Å². The van der Waals surface area contributed by atoms with Gasteiger partial charge in [0.2, 0.25) is 0 Å². The number of allylic oxidation sites excluding steroid dienone is 2. The number of pyridine rings is 1. The maximum Gasteiger partial charge on any atom is 0.345 e. The monoisotopic (exact) mass is 522 g/mol. The van der Waals surface area contributed by atoms with Gasteiger partial charge in [-0.3, -0.25) is 10.1 Å². The molecule has 0 spiro atoms. The lowest BCUT2D eigenvalue weighted by atomic mass is 9.82. The van der Waals surface area contributed by atoms with Crippen LogP contribution in [0.15, 0.2) is 100 Å². The number of hydrogen-bond acceptors (Lipinski definition) is 7. The summed E-state index contributed by atoms with van der Waals surface area (Å²) in [5, 5.41) is 16.6. The Balaban J connectivity index is 1.50. The van der Waals surface area contributed by atoms with Gasteiger partial charge < -0.3 is 4.74 Å². The molecule has 8 nitrogen and oxygen atoms in total. The zero-order valence-electron chi connectivity index (χ0n) is 20.6. The van der Waals surface area contributed by atoms with Crippen molar-refractivity contribution < 1.29 is 14.5 Å². The first-order valence-electron chi connectivity index (χ1n) is 12.0. The summed E-state index contributed by atoms with van der Waals surface area (Å²) in [6.45, 7) is 3.93. The van der Waals surface area contributed by atoms with E-state index in [0.717, 1.165) is 32.7 Å². The second-order valence-electron chi connectivity index (χ2n) is 9.19. The summed E-state index contributed by atoms with van der Waals surface area (Å²) in [6, 6.07) is 18.0. The summed E-state index contributed by atoms with van der Waals surface area (Å²) in [7, 11) is 0. The first-order valence-corrected chi connectivity index (χ1v) is 12.9. The zero-order chi connectivity index (χ0) is 26.4. The number of rotatable bonds is 5. The van der Waals surface area contributed by atoms with Crippen LogP contribution < -0.4 is 0 Å². The van der Waals surface area contributed by atoms with Crippen LogP contribution in [0.2, 0.25) is 0 Å². The fourth-order valence-electron chi connectivity index (χ4n) is 4.81. The predicted molar refractivity (Wildman–Crippen MR) is 146 cm³/mol. The van der Waals surface area contributed by atoms with Crippen LogP contribution in [0.25, 0.3) is 22.3 Å². The maximum absolute atomic E-state index is 13.3. The molecule has 188 valence electrons. The van der Waals surface area contributed by atoms with Gasteiger partial charge in [0.1, 0.15) is 11.0 Å². The standard InChI is InChI=1S/C29H22N4O4S/c1-17-8-13-25-24(14-17)26(27(29(34)37-25)38-22-6-4-3-5-7-22)19-15-23-18(2)31-32(28(23)30-16-19)20-9-11-21(12-10-20)33(35)36/h3-16,24-25H,1-2H3. The fourth-order valence-corrected chi connectivity index (χ4v) is 5.84. The van der Waals surface area contributed by atoms with Crippen LogP contribution in [-0.2, 0) is 9.53 Å². The molecule has 2 aromatic heterocycles. The lowest BCUT2D eigenvalue weighted by molar-refractivity contribution is -0.384. The molecule has 0 saturated carbocycles. The molecule has 2 atom stereocenters. The number of ether oxygens (including phenoxy) is 1. The van der Waals surface area contributed by atoms with E-state index in [4.69, 9.17) is 9.72 Å². The van der Waals surface area contributed by atoms with Crippen molar-refractivity contribution in [2.45, 2.75) is 24.8 Å². The first kappa shape index (κ1) is 23.9. The number of non-ortho nitro benzene ring substituents is 1. The lowest BCUT2D eigenvalue weighted by Gasteiger charge is -2.33. The fraction of sp³-hybridized carbons (Fsp3) is 0.138. The number of nitro groups is 1. The van der Waals surface area contributed by atoms with Gasteiger partial charge >= 0.3 is 5.97 Å². The van der Waals surface area contributed by atoms with E-state index in [1.165, 1.54) is 23.9 Å². The van der Waals surface area contributed by atoms with Gasteiger partial charge in [0, 0.05) is 34.5 Å². The summed E-state index contributed by atoms with van der Waals surface area (Å²) in [5.41, 5.74) is 4.87. The summed E-state index contributed by atoms with van der Waals surface area (Å²) >= 11 is 1.40. The van der Waals surface area contributed by atoms with Crippen molar-refractivity contribution >= 4 is 40.0 Å². The molecule has 0 amide bonds. The Morgan fingerprint density at radius 3 is 2.58 bits per heavy atom. The molecule has 9 heteroatoms. The van der Waals surface area contributed by atoms with Crippen LogP contribution in [0.1, 0.15) is 18.2 Å². The second kappa shape index (κ2) is 9.42. The highest BCUT2D eigenvalue weighted by Gasteiger charge is 2.38. The molecule has 1 aliphatic carbocycles. The zero-order valence-corrected chi connectivity index (χ0v) is 21.4. The van der Waals surface area contributed by atoms with E-state index in [-0.39, 0.29) is 23.7 Å². The molecule has 4 aromatic rings. The number of aromatic nitrogens is 3. The van der Waals surface area contributed by atoms with Crippen molar-refractivity contribution in [3.63, 3.8) is 0 Å². The highest BCUT2D eigenvalue weighted by Crippen LogP contribution is 2.45. The van der Waals surface area contributed by atoms with E-state index < -0.39 is 4.92 Å². The third kappa shape index (κ3) is 4.20. The van der Waals surface area contributed by atoms with E-state index in [2.05, 4.69) is 11.2 Å². The molecular weight excluding hydrogens is 500 g/mol. The molecule has 2 unspecified atom stereocenters. The summed E-state index contributed by atoms with van der Waals surface area (Å²) in [6.07, 6.45) is 7.42. The minimum atomic E-state index is -0.432. The van der Waals surface area contributed by atoms with Crippen molar-refractivity contribution in [1.82, 2.24) is 14.8 Å². The number of hydrogen-bond donors (Lipinski definition) is 0. The minimum absolute atomic E-state index is 0.0104. The van der Waals surface area contributed by atoms with Crippen molar-refractivity contribution in [3.05, 3.63) is 117 Å². The van der Waals surface area contributed by atoms with E-state index in [9.17, 15) is 14.9 Å². The molecule has 1 aliphatic heterocycles. The number of nitrogens with zero attached hydrogens (tertiary/aromatic N) is 4. The quantitative estimate of drug-likeness (QED) is 0.175. The van der Waals surface area contributed by atoms with Gasteiger partial charge in [0.05, 0.1) is 16.3 Å². The summed E-state index contributed by atoms with van der Waals surface area (Å²) < 4.78 is 7.52. The lowest BCUT2D eigenvalue weighted by Crippen LogP contribution is -2.33. The topological polar surface area (TPSA) is 100 Å². The van der Waals surface area contributed by atoms with Crippen molar-refractivity contribution in [3.8, 4) is 5.69 Å². The average Bonchev–Trinajstić information content (AvgIpc) is 3.25. The molecule has 0 bridgehead atoms. The smallest absolute Gasteiger partial charge is 0.345 e. The molecule has 2 aliphatic rings. The number of carbonyl (C=O) groups excluding carboxylic acids is 1. The molecule has 0 N–H and O–H groups in total. The number of nitro benzene ring substituents is 1. The molecule has 38 heavy (non-hydrogen) atoms. The Kier molecular flexibility index (Phi) is 5.92.